The van der Waals surface area contributed by atoms with Gasteiger partial charge in [0.2, 0.25) is 0 Å². The molecule has 0 spiro atoms. The van der Waals surface area contributed by atoms with Gasteiger partial charge in [0.1, 0.15) is 18.2 Å². The third-order valence-electron chi connectivity index (χ3n) is 2.58. The Balaban J connectivity index is 2.37. The fourth-order valence-corrected chi connectivity index (χ4v) is 2.79. The number of hydrogen-bond acceptors (Lipinski definition) is 7. The maximum atomic E-state index is 10.7. The van der Waals surface area contributed by atoms with Crippen LogP contribution in [0, 0.1) is 0 Å². The van der Waals surface area contributed by atoms with E-state index in [0.29, 0.717) is 5.75 Å². The van der Waals surface area contributed by atoms with Crippen molar-refractivity contribution in [2.75, 3.05) is 12.4 Å². The average molecular weight is 267 g/mol. The largest absolute Gasteiger partial charge is 0.480 e. The van der Waals surface area contributed by atoms with Crippen LogP contribution in [0.15, 0.2) is 0 Å². The molecule has 1 heterocycles. The molecule has 0 aromatic rings. The molecule has 17 heavy (non-hydrogen) atoms. The lowest BCUT2D eigenvalue weighted by Crippen LogP contribution is -2.43. The Hall–Kier alpha value is -0.380. The Morgan fingerprint density at radius 1 is 1.35 bits per heavy atom. The first-order chi connectivity index (χ1) is 7.95. The predicted octanol–water partition coefficient (Wildman–Crippen LogP) is -2.43. The zero-order valence-electron chi connectivity index (χ0n) is 9.06. The van der Waals surface area contributed by atoms with E-state index in [0.717, 1.165) is 0 Å². The molecule has 0 aromatic heterocycles. The minimum absolute atomic E-state index is 0.104. The first-order valence-corrected chi connectivity index (χ1v) is 6.26. The summed E-state index contributed by atoms with van der Waals surface area (Å²) in [4.78, 5) is 10.7. The second-order valence-corrected chi connectivity index (χ2v) is 5.16. The summed E-state index contributed by atoms with van der Waals surface area (Å²) < 4.78 is 0. The lowest BCUT2D eigenvalue weighted by Gasteiger charge is -2.23. The number of carbonyl (C=O) groups is 1. The SMILES string of the molecule is O=C(O)[C@@H]1CS[C@H](C[C@H](O)[C@@H](O)[C@@H](O)CO)N1. The fourth-order valence-electron chi connectivity index (χ4n) is 1.53. The maximum absolute atomic E-state index is 10.7. The normalized spacial score (nSPS) is 29.9. The van der Waals surface area contributed by atoms with E-state index < -0.39 is 36.9 Å². The van der Waals surface area contributed by atoms with Crippen LogP contribution in [0.4, 0.5) is 0 Å². The lowest BCUT2D eigenvalue weighted by atomic mass is 10.1. The maximum Gasteiger partial charge on any atom is 0.321 e. The van der Waals surface area contributed by atoms with Gasteiger partial charge < -0.3 is 25.5 Å². The summed E-state index contributed by atoms with van der Waals surface area (Å²) in [6.45, 7) is -0.638. The van der Waals surface area contributed by atoms with Gasteiger partial charge in [-0.1, -0.05) is 0 Å². The van der Waals surface area contributed by atoms with Crippen molar-refractivity contribution < 1.29 is 30.3 Å². The van der Waals surface area contributed by atoms with Crippen molar-refractivity contribution in [2.24, 2.45) is 0 Å². The third kappa shape index (κ3) is 4.09. The van der Waals surface area contributed by atoms with Gasteiger partial charge in [0, 0.05) is 12.2 Å². The molecule has 1 aliphatic rings. The van der Waals surface area contributed by atoms with E-state index >= 15 is 0 Å². The van der Waals surface area contributed by atoms with Crippen molar-refractivity contribution in [3.8, 4) is 0 Å². The van der Waals surface area contributed by atoms with Crippen molar-refractivity contribution in [1.82, 2.24) is 5.32 Å². The van der Waals surface area contributed by atoms with Crippen LogP contribution in [0.2, 0.25) is 0 Å². The summed E-state index contributed by atoms with van der Waals surface area (Å²) in [5.74, 6) is -0.559. The van der Waals surface area contributed by atoms with E-state index in [4.69, 9.17) is 15.3 Å². The Bertz CT molecular complexity index is 266. The van der Waals surface area contributed by atoms with E-state index in [1.807, 2.05) is 0 Å². The average Bonchev–Trinajstić information content (AvgIpc) is 2.75. The van der Waals surface area contributed by atoms with Gasteiger partial charge in [-0.25, -0.2) is 0 Å². The quantitative estimate of drug-likeness (QED) is 0.313. The number of aliphatic hydroxyl groups is 4. The lowest BCUT2D eigenvalue weighted by molar-refractivity contribution is -0.138. The van der Waals surface area contributed by atoms with E-state index in [1.165, 1.54) is 11.8 Å². The summed E-state index contributed by atoms with van der Waals surface area (Å²) in [5.41, 5.74) is 0. The highest BCUT2D eigenvalue weighted by atomic mass is 32.2. The van der Waals surface area contributed by atoms with Crippen molar-refractivity contribution in [3.63, 3.8) is 0 Å². The summed E-state index contributed by atoms with van der Waals surface area (Å²) in [6, 6.07) is -0.655. The van der Waals surface area contributed by atoms with Gasteiger partial charge in [-0.05, 0) is 0 Å². The number of nitrogens with one attached hydrogen (secondary N) is 1. The molecular formula is C9H17NO6S. The Morgan fingerprint density at radius 2 is 2.00 bits per heavy atom. The van der Waals surface area contributed by atoms with Crippen molar-refractivity contribution >= 4 is 17.7 Å². The highest BCUT2D eigenvalue weighted by Crippen LogP contribution is 2.23. The van der Waals surface area contributed by atoms with Gasteiger partial charge in [-0.15, -0.1) is 11.8 Å². The van der Waals surface area contributed by atoms with Crippen LogP contribution < -0.4 is 5.32 Å². The van der Waals surface area contributed by atoms with Crippen LogP contribution >= 0.6 is 11.8 Å². The molecule has 5 atom stereocenters. The Morgan fingerprint density at radius 3 is 2.47 bits per heavy atom. The first-order valence-electron chi connectivity index (χ1n) is 5.21. The topological polar surface area (TPSA) is 130 Å². The summed E-state index contributed by atoms with van der Waals surface area (Å²) in [7, 11) is 0. The smallest absolute Gasteiger partial charge is 0.321 e. The van der Waals surface area contributed by atoms with Gasteiger partial charge in [-0.3, -0.25) is 10.1 Å². The monoisotopic (exact) mass is 267 g/mol. The van der Waals surface area contributed by atoms with Gasteiger partial charge in [0.15, 0.2) is 0 Å². The standard InChI is InChI=1S/C9H17NO6S/c11-2-6(13)8(14)5(12)1-7-10-4(3-17-7)9(15)16/h4-8,10-14H,1-3H2,(H,15,16)/t4-,5-,6-,7+,8+/m0/s1. The molecule has 1 fully saturated rings. The number of hydrogen-bond donors (Lipinski definition) is 6. The number of carboxylic acids is 1. The van der Waals surface area contributed by atoms with Crippen LogP contribution in [0.25, 0.3) is 0 Å². The molecule has 0 radical (unpaired) electrons. The van der Waals surface area contributed by atoms with Crippen LogP contribution in [0.1, 0.15) is 6.42 Å². The molecule has 6 N–H and O–H groups in total. The van der Waals surface area contributed by atoms with E-state index in [1.54, 1.807) is 0 Å². The van der Waals surface area contributed by atoms with Gasteiger partial charge in [0.25, 0.3) is 0 Å². The van der Waals surface area contributed by atoms with Crippen LogP contribution in [-0.2, 0) is 4.79 Å². The first kappa shape index (κ1) is 14.7. The number of aliphatic carboxylic acids is 1. The molecule has 0 unspecified atom stereocenters. The minimum Gasteiger partial charge on any atom is -0.480 e. The number of thioether (sulfide) groups is 1. The zero-order valence-corrected chi connectivity index (χ0v) is 9.88. The molecule has 0 saturated carbocycles. The fraction of sp³-hybridized carbons (Fsp3) is 0.889. The molecule has 0 aliphatic carbocycles. The van der Waals surface area contributed by atoms with E-state index in [-0.39, 0.29) is 11.8 Å². The summed E-state index contributed by atoms with van der Waals surface area (Å²) >= 11 is 1.34. The molecule has 100 valence electrons. The van der Waals surface area contributed by atoms with Crippen LogP contribution in [-0.4, -0.2) is 73.6 Å². The molecule has 0 amide bonds. The zero-order chi connectivity index (χ0) is 13.0. The third-order valence-corrected chi connectivity index (χ3v) is 3.84. The van der Waals surface area contributed by atoms with Crippen LogP contribution in [0.3, 0.4) is 0 Å². The molecule has 8 heteroatoms. The van der Waals surface area contributed by atoms with Gasteiger partial charge >= 0.3 is 5.97 Å². The second kappa shape index (κ2) is 6.53. The minimum atomic E-state index is -1.44. The summed E-state index contributed by atoms with van der Waals surface area (Å²) in [6.07, 6.45) is -3.94. The molecule has 0 aromatic carbocycles. The predicted molar refractivity (Wildman–Crippen MR) is 60.5 cm³/mol. The summed E-state index contributed by atoms with van der Waals surface area (Å²) in [5, 5.41) is 48.0. The molecular weight excluding hydrogens is 250 g/mol. The molecule has 1 saturated heterocycles. The van der Waals surface area contributed by atoms with Crippen molar-refractivity contribution in [3.05, 3.63) is 0 Å². The number of aliphatic hydroxyl groups excluding tert-OH is 4. The van der Waals surface area contributed by atoms with Crippen molar-refractivity contribution in [2.45, 2.75) is 36.1 Å². The van der Waals surface area contributed by atoms with E-state index in [2.05, 4.69) is 5.32 Å². The number of rotatable bonds is 6. The number of carboxylic acid groups (broad SMARTS) is 1. The molecule has 1 aliphatic heterocycles. The van der Waals surface area contributed by atoms with Crippen LogP contribution in [0.5, 0.6) is 0 Å². The van der Waals surface area contributed by atoms with E-state index in [9.17, 15) is 15.0 Å². The molecule has 7 nitrogen and oxygen atoms in total. The van der Waals surface area contributed by atoms with Gasteiger partial charge in [-0.2, -0.15) is 0 Å². The van der Waals surface area contributed by atoms with Crippen molar-refractivity contribution in [1.29, 1.82) is 0 Å². The molecule has 0 bridgehead atoms. The Labute approximate surface area is 102 Å². The van der Waals surface area contributed by atoms with Gasteiger partial charge in [0.05, 0.1) is 18.1 Å². The Kier molecular flexibility index (Phi) is 5.63. The highest BCUT2D eigenvalue weighted by Gasteiger charge is 2.33. The molecule has 1 rings (SSSR count). The second-order valence-electron chi connectivity index (χ2n) is 3.92. The highest BCUT2D eigenvalue weighted by molar-refractivity contribution is 8.00.